The summed E-state index contributed by atoms with van der Waals surface area (Å²) in [5, 5.41) is 3.14. The van der Waals surface area contributed by atoms with E-state index in [0.29, 0.717) is 5.96 Å². The fraction of sp³-hybridized carbons (Fsp3) is 0.562. The number of piperazine rings is 1. The predicted molar refractivity (Wildman–Crippen MR) is 105 cm³/mol. The number of nitrogens with two attached hydrogens (primary N) is 1. The molecule has 5 nitrogen and oxygen atoms in total. The Morgan fingerprint density at radius 3 is 2.48 bits per heavy atom. The molecule has 0 atom stereocenters. The van der Waals surface area contributed by atoms with Crippen LogP contribution in [0, 0.1) is 5.82 Å². The largest absolute Gasteiger partial charge is 0.370 e. The minimum absolute atomic E-state index is 0. The van der Waals surface area contributed by atoms with Crippen LogP contribution in [-0.2, 0) is 0 Å². The van der Waals surface area contributed by atoms with Gasteiger partial charge >= 0.3 is 0 Å². The molecule has 7 heteroatoms. The third-order valence-electron chi connectivity index (χ3n) is 3.80. The van der Waals surface area contributed by atoms with E-state index in [0.717, 1.165) is 57.9 Å². The number of hydrogen-bond donors (Lipinski definition) is 2. The van der Waals surface area contributed by atoms with Crippen molar-refractivity contribution in [3.8, 4) is 0 Å². The normalized spacial score (nSPS) is 16.1. The minimum atomic E-state index is -0.184. The molecule has 1 aliphatic heterocycles. The van der Waals surface area contributed by atoms with Crippen LogP contribution >= 0.6 is 24.0 Å². The summed E-state index contributed by atoms with van der Waals surface area (Å²) >= 11 is 0. The SMILES string of the molecule is CCCN=C(N)NCCN1CCN(c2ccc(F)cc2)CC1.I. The zero-order chi connectivity index (χ0) is 15.8. The fourth-order valence-electron chi connectivity index (χ4n) is 2.51. The summed E-state index contributed by atoms with van der Waals surface area (Å²) in [5.41, 5.74) is 6.86. The van der Waals surface area contributed by atoms with Gasteiger partial charge in [-0.3, -0.25) is 9.89 Å². The summed E-state index contributed by atoms with van der Waals surface area (Å²) in [6.07, 6.45) is 1.01. The molecular formula is C16H27FIN5. The molecule has 0 saturated carbocycles. The van der Waals surface area contributed by atoms with E-state index in [4.69, 9.17) is 5.73 Å². The Bertz CT molecular complexity index is 472. The van der Waals surface area contributed by atoms with Crippen molar-refractivity contribution in [2.45, 2.75) is 13.3 Å². The Morgan fingerprint density at radius 1 is 1.22 bits per heavy atom. The van der Waals surface area contributed by atoms with Crippen molar-refractivity contribution in [3.05, 3.63) is 30.1 Å². The van der Waals surface area contributed by atoms with Gasteiger partial charge in [0.1, 0.15) is 5.82 Å². The van der Waals surface area contributed by atoms with Gasteiger partial charge < -0.3 is 16.0 Å². The second-order valence-corrected chi connectivity index (χ2v) is 5.50. The maximum Gasteiger partial charge on any atom is 0.188 e. The van der Waals surface area contributed by atoms with Gasteiger partial charge in [0, 0.05) is 51.5 Å². The molecule has 1 aromatic carbocycles. The fourth-order valence-corrected chi connectivity index (χ4v) is 2.51. The van der Waals surface area contributed by atoms with E-state index in [1.54, 1.807) is 0 Å². The van der Waals surface area contributed by atoms with E-state index in [9.17, 15) is 4.39 Å². The van der Waals surface area contributed by atoms with Crippen molar-refractivity contribution in [2.24, 2.45) is 10.7 Å². The van der Waals surface area contributed by atoms with Crippen molar-refractivity contribution in [1.82, 2.24) is 10.2 Å². The Balaban J connectivity index is 0.00000264. The summed E-state index contributed by atoms with van der Waals surface area (Å²) < 4.78 is 12.9. The smallest absolute Gasteiger partial charge is 0.188 e. The lowest BCUT2D eigenvalue weighted by Gasteiger charge is -2.36. The molecule has 1 saturated heterocycles. The molecule has 1 aliphatic rings. The highest BCUT2D eigenvalue weighted by Crippen LogP contribution is 2.16. The van der Waals surface area contributed by atoms with Crippen LogP contribution < -0.4 is 16.0 Å². The number of halogens is 2. The molecule has 0 spiro atoms. The lowest BCUT2D eigenvalue weighted by molar-refractivity contribution is 0.261. The average molecular weight is 435 g/mol. The molecule has 1 fully saturated rings. The predicted octanol–water partition coefficient (Wildman–Crippen LogP) is 1.88. The van der Waals surface area contributed by atoms with E-state index in [2.05, 4.69) is 27.0 Å². The van der Waals surface area contributed by atoms with Gasteiger partial charge in [0.25, 0.3) is 0 Å². The number of nitrogens with one attached hydrogen (secondary N) is 1. The van der Waals surface area contributed by atoms with E-state index in [1.165, 1.54) is 12.1 Å². The molecule has 0 unspecified atom stereocenters. The number of benzene rings is 1. The molecule has 0 bridgehead atoms. The summed E-state index contributed by atoms with van der Waals surface area (Å²) in [5.74, 6) is 0.350. The second-order valence-electron chi connectivity index (χ2n) is 5.50. The van der Waals surface area contributed by atoms with E-state index in [-0.39, 0.29) is 29.8 Å². The molecule has 1 aromatic rings. The average Bonchev–Trinajstić information content (AvgIpc) is 2.54. The lowest BCUT2D eigenvalue weighted by Crippen LogP contribution is -2.49. The van der Waals surface area contributed by atoms with Crippen LogP contribution in [0.2, 0.25) is 0 Å². The molecule has 0 radical (unpaired) electrons. The van der Waals surface area contributed by atoms with Gasteiger partial charge in [0.2, 0.25) is 0 Å². The second kappa shape index (κ2) is 10.6. The van der Waals surface area contributed by atoms with Gasteiger partial charge in [0.05, 0.1) is 0 Å². The monoisotopic (exact) mass is 435 g/mol. The first-order valence-corrected chi connectivity index (χ1v) is 7.95. The van der Waals surface area contributed by atoms with Gasteiger partial charge in [-0.15, -0.1) is 24.0 Å². The molecule has 0 aromatic heterocycles. The molecule has 130 valence electrons. The minimum Gasteiger partial charge on any atom is -0.370 e. The number of hydrogen-bond acceptors (Lipinski definition) is 3. The lowest BCUT2D eigenvalue weighted by atomic mass is 10.2. The van der Waals surface area contributed by atoms with Crippen molar-refractivity contribution in [2.75, 3.05) is 50.7 Å². The Kier molecular flexibility index (Phi) is 9.23. The first kappa shape index (κ1) is 20.0. The maximum atomic E-state index is 12.9. The summed E-state index contributed by atoms with van der Waals surface area (Å²) in [6, 6.07) is 6.73. The van der Waals surface area contributed by atoms with Crippen molar-refractivity contribution >= 4 is 35.6 Å². The van der Waals surface area contributed by atoms with E-state index < -0.39 is 0 Å². The number of aliphatic imine (C=N–C) groups is 1. The summed E-state index contributed by atoms with van der Waals surface area (Å²) in [7, 11) is 0. The summed E-state index contributed by atoms with van der Waals surface area (Å²) in [6.45, 7) is 8.56. The Labute approximate surface area is 155 Å². The third-order valence-corrected chi connectivity index (χ3v) is 3.80. The van der Waals surface area contributed by atoms with Crippen molar-refractivity contribution in [1.29, 1.82) is 0 Å². The van der Waals surface area contributed by atoms with Crippen LogP contribution in [0.5, 0.6) is 0 Å². The maximum absolute atomic E-state index is 12.9. The van der Waals surface area contributed by atoms with Gasteiger partial charge in [-0.2, -0.15) is 0 Å². The first-order chi connectivity index (χ1) is 10.7. The highest BCUT2D eigenvalue weighted by molar-refractivity contribution is 14.0. The highest BCUT2D eigenvalue weighted by atomic mass is 127. The van der Waals surface area contributed by atoms with Crippen LogP contribution in [0.4, 0.5) is 10.1 Å². The van der Waals surface area contributed by atoms with E-state index >= 15 is 0 Å². The summed E-state index contributed by atoms with van der Waals surface area (Å²) in [4.78, 5) is 8.91. The van der Waals surface area contributed by atoms with E-state index in [1.807, 2.05) is 12.1 Å². The van der Waals surface area contributed by atoms with Crippen LogP contribution in [0.25, 0.3) is 0 Å². The molecule has 0 amide bonds. The van der Waals surface area contributed by atoms with Crippen LogP contribution in [0.1, 0.15) is 13.3 Å². The Morgan fingerprint density at radius 2 is 1.87 bits per heavy atom. The van der Waals surface area contributed by atoms with Crippen LogP contribution in [0.3, 0.4) is 0 Å². The zero-order valence-electron chi connectivity index (χ0n) is 13.7. The van der Waals surface area contributed by atoms with Crippen LogP contribution in [0.15, 0.2) is 29.3 Å². The molecule has 3 N–H and O–H groups in total. The molecule has 23 heavy (non-hydrogen) atoms. The van der Waals surface area contributed by atoms with Crippen molar-refractivity contribution < 1.29 is 4.39 Å². The van der Waals surface area contributed by atoms with Gasteiger partial charge in [-0.1, -0.05) is 6.92 Å². The standard InChI is InChI=1S/C16H26FN5.HI/c1-2-7-19-16(18)20-8-9-21-10-12-22(13-11-21)15-5-3-14(17)4-6-15;/h3-6H,2,7-13H2,1H3,(H3,18,19,20);1H. The third kappa shape index (κ3) is 6.90. The highest BCUT2D eigenvalue weighted by Gasteiger charge is 2.16. The Hall–Kier alpha value is -1.09. The van der Waals surface area contributed by atoms with Crippen LogP contribution in [-0.4, -0.2) is 56.7 Å². The van der Waals surface area contributed by atoms with Gasteiger partial charge in [-0.25, -0.2) is 4.39 Å². The molecule has 1 heterocycles. The molecular weight excluding hydrogens is 408 g/mol. The topological polar surface area (TPSA) is 56.9 Å². The zero-order valence-corrected chi connectivity index (χ0v) is 16.0. The first-order valence-electron chi connectivity index (χ1n) is 7.95. The molecule has 2 rings (SSSR count). The molecule has 0 aliphatic carbocycles. The number of rotatable bonds is 6. The van der Waals surface area contributed by atoms with Gasteiger partial charge in [0.15, 0.2) is 5.96 Å². The van der Waals surface area contributed by atoms with Gasteiger partial charge in [-0.05, 0) is 30.7 Å². The van der Waals surface area contributed by atoms with Crippen molar-refractivity contribution in [3.63, 3.8) is 0 Å². The number of guanidine groups is 1. The number of anilines is 1. The quantitative estimate of drug-likeness (QED) is 0.407. The number of nitrogens with zero attached hydrogens (tertiary/aromatic N) is 3.